The highest BCUT2D eigenvalue weighted by Gasteiger charge is 2.43. The van der Waals surface area contributed by atoms with Crippen LogP contribution in [0.3, 0.4) is 0 Å². The van der Waals surface area contributed by atoms with Gasteiger partial charge in [0.2, 0.25) is 15.9 Å². The van der Waals surface area contributed by atoms with Crippen LogP contribution in [0, 0.1) is 5.92 Å². The summed E-state index contributed by atoms with van der Waals surface area (Å²) in [5.74, 6) is 0.484. The molecule has 5 rings (SSSR count). The third kappa shape index (κ3) is 9.48. The molecule has 276 valence electrons. The van der Waals surface area contributed by atoms with Gasteiger partial charge in [-0.1, -0.05) is 48.5 Å². The molecular weight excluding hydrogens is 671 g/mol. The number of amides is 2. The predicted octanol–water partition coefficient (Wildman–Crippen LogP) is 5.54. The van der Waals surface area contributed by atoms with E-state index in [0.29, 0.717) is 19.4 Å². The number of fused-ring (bicyclic) bond motifs is 2. The molecule has 2 heterocycles. The topological polar surface area (TPSA) is 143 Å². The molecule has 2 amide bonds. The lowest BCUT2D eigenvalue weighted by atomic mass is 9.69. The van der Waals surface area contributed by atoms with E-state index in [-0.39, 0.29) is 43.5 Å². The average Bonchev–Trinajstić information content (AvgIpc) is 3.10. The monoisotopic (exact) mass is 721 g/mol. The molecule has 2 aliphatic heterocycles. The van der Waals surface area contributed by atoms with Crippen LogP contribution in [0.25, 0.3) is 0 Å². The molecule has 0 aromatic heterocycles. The van der Waals surface area contributed by atoms with Gasteiger partial charge in [0.05, 0.1) is 10.8 Å². The number of carbonyl (C=O) groups is 2. The number of benzene rings is 3. The Balaban J connectivity index is 1.40. The number of methoxy groups -OCH3 is 1. The van der Waals surface area contributed by atoms with E-state index in [4.69, 9.17) is 19.3 Å². The fourth-order valence-electron chi connectivity index (χ4n) is 7.03. The maximum atomic E-state index is 14.2. The van der Waals surface area contributed by atoms with Crippen LogP contribution in [0.4, 0.5) is 4.79 Å². The molecule has 1 fully saturated rings. The number of aryl methyl sites for hydroxylation is 1. The molecule has 3 aromatic rings. The van der Waals surface area contributed by atoms with Gasteiger partial charge in [-0.15, -0.1) is 0 Å². The summed E-state index contributed by atoms with van der Waals surface area (Å²) in [5, 5.41) is 12.4. The van der Waals surface area contributed by atoms with Crippen molar-refractivity contribution < 1.29 is 37.3 Å². The van der Waals surface area contributed by atoms with Crippen molar-refractivity contribution in [3.05, 3.63) is 89.5 Å². The molecule has 2 unspecified atom stereocenters. The Bertz CT molecular complexity index is 1710. The van der Waals surface area contributed by atoms with Gasteiger partial charge in [-0.05, 0) is 89.1 Å². The number of carbonyl (C=O) groups excluding carboxylic acids is 2. The Morgan fingerprint density at radius 3 is 2.20 bits per heavy atom. The second-order valence-corrected chi connectivity index (χ2v) is 16.2. The number of aliphatic hydroxyl groups is 1. The van der Waals surface area contributed by atoms with Crippen LogP contribution in [0.1, 0.15) is 69.6 Å². The number of hydrogen-bond acceptors (Lipinski definition) is 8. The summed E-state index contributed by atoms with van der Waals surface area (Å²) >= 11 is 0. The van der Waals surface area contributed by atoms with E-state index in [2.05, 4.69) is 10.0 Å². The zero-order chi connectivity index (χ0) is 36.6. The minimum Gasteiger partial charge on any atom is -0.457 e. The first kappa shape index (κ1) is 38.3. The number of hydrogen-bond donors (Lipinski definition) is 3. The summed E-state index contributed by atoms with van der Waals surface area (Å²) in [6.45, 7) is 6.37. The Morgan fingerprint density at radius 2 is 1.59 bits per heavy atom. The van der Waals surface area contributed by atoms with Crippen molar-refractivity contribution >= 4 is 22.0 Å². The van der Waals surface area contributed by atoms with E-state index in [9.17, 15) is 18.0 Å². The number of rotatable bonds is 14. The minimum atomic E-state index is -3.99. The van der Waals surface area contributed by atoms with Gasteiger partial charge in [0.25, 0.3) is 0 Å². The maximum Gasteiger partial charge on any atom is 0.410 e. The molecule has 1 saturated heterocycles. The molecule has 51 heavy (non-hydrogen) atoms. The van der Waals surface area contributed by atoms with Crippen molar-refractivity contribution in [3.8, 4) is 11.5 Å². The number of likely N-dealkylation sites (tertiary alicyclic amines) is 1. The number of aliphatic hydroxyl groups excluding tert-OH is 1. The number of piperidine rings is 1. The Kier molecular flexibility index (Phi) is 12.4. The highest BCUT2D eigenvalue weighted by atomic mass is 32.2. The number of para-hydroxylation sites is 2. The molecule has 0 aliphatic carbocycles. The van der Waals surface area contributed by atoms with Crippen LogP contribution in [-0.4, -0.2) is 82.0 Å². The lowest BCUT2D eigenvalue weighted by molar-refractivity contribution is -0.127. The number of ether oxygens (including phenoxy) is 3. The summed E-state index contributed by atoms with van der Waals surface area (Å²) in [6.07, 6.45) is 3.21. The first-order valence-electron chi connectivity index (χ1n) is 17.7. The lowest BCUT2D eigenvalue weighted by Crippen LogP contribution is -2.56. The summed E-state index contributed by atoms with van der Waals surface area (Å²) in [5.41, 5.74) is 1.50. The molecular formula is C39H51N3O8S. The normalized spacial score (nSPS) is 18.3. The van der Waals surface area contributed by atoms with E-state index in [1.165, 1.54) is 17.0 Å². The predicted molar refractivity (Wildman–Crippen MR) is 194 cm³/mol. The molecule has 0 bridgehead atoms. The minimum absolute atomic E-state index is 0.0496. The zero-order valence-electron chi connectivity index (χ0n) is 30.0. The van der Waals surface area contributed by atoms with Gasteiger partial charge >= 0.3 is 6.09 Å². The van der Waals surface area contributed by atoms with Gasteiger partial charge in [-0.3, -0.25) is 4.79 Å². The lowest BCUT2D eigenvalue weighted by Gasteiger charge is -2.42. The highest BCUT2D eigenvalue weighted by Crippen LogP contribution is 2.50. The Labute approximate surface area is 301 Å². The van der Waals surface area contributed by atoms with Crippen LogP contribution in [-0.2, 0) is 36.1 Å². The fourth-order valence-corrected chi connectivity index (χ4v) is 8.27. The van der Waals surface area contributed by atoms with Crippen molar-refractivity contribution in [2.45, 2.75) is 81.2 Å². The van der Waals surface area contributed by atoms with E-state index < -0.39 is 39.1 Å². The van der Waals surface area contributed by atoms with Gasteiger partial charge in [0, 0.05) is 62.5 Å². The molecule has 3 aromatic carbocycles. The standard InChI is InChI=1S/C39H51N3O8S/c1-38(2,3)50-37(45)42-25-29(24-30(26-42)41-51(46,47)31-19-17-28(18-20-31)12-11-22-43)36(44)40-27-39(21-9-10-23-48-4)32-13-5-7-15-34(32)49-35-16-8-6-14-33(35)39/h5-8,13-20,29-30,41,43H,9-12,21-27H2,1-4H3,(H,40,44). The smallest absolute Gasteiger partial charge is 0.410 e. The van der Waals surface area contributed by atoms with Crippen LogP contribution >= 0.6 is 0 Å². The highest BCUT2D eigenvalue weighted by molar-refractivity contribution is 7.89. The largest absolute Gasteiger partial charge is 0.457 e. The van der Waals surface area contributed by atoms with Gasteiger partial charge in [-0.2, -0.15) is 0 Å². The number of nitrogens with zero attached hydrogens (tertiary/aromatic N) is 1. The summed E-state index contributed by atoms with van der Waals surface area (Å²) in [4.78, 5) is 29.0. The van der Waals surface area contributed by atoms with Gasteiger partial charge < -0.3 is 29.5 Å². The summed E-state index contributed by atoms with van der Waals surface area (Å²) < 4.78 is 47.2. The van der Waals surface area contributed by atoms with Crippen molar-refractivity contribution in [2.75, 3.05) is 40.0 Å². The van der Waals surface area contributed by atoms with E-state index in [1.54, 1.807) is 40.0 Å². The van der Waals surface area contributed by atoms with Crippen molar-refractivity contribution in [3.63, 3.8) is 0 Å². The van der Waals surface area contributed by atoms with E-state index in [0.717, 1.165) is 47.5 Å². The summed E-state index contributed by atoms with van der Waals surface area (Å²) in [6, 6.07) is 21.6. The first-order valence-corrected chi connectivity index (χ1v) is 19.2. The van der Waals surface area contributed by atoms with Crippen LogP contribution in [0.15, 0.2) is 77.7 Å². The molecule has 12 heteroatoms. The van der Waals surface area contributed by atoms with Gasteiger partial charge in [-0.25, -0.2) is 17.9 Å². The number of unbranched alkanes of at least 4 members (excludes halogenated alkanes) is 1. The van der Waals surface area contributed by atoms with Crippen molar-refractivity contribution in [2.24, 2.45) is 5.92 Å². The number of sulfonamides is 1. The molecule has 0 saturated carbocycles. The molecule has 0 radical (unpaired) electrons. The molecule has 3 N–H and O–H groups in total. The maximum absolute atomic E-state index is 14.2. The molecule has 0 spiro atoms. The van der Waals surface area contributed by atoms with Crippen molar-refractivity contribution in [1.82, 2.24) is 14.9 Å². The Hall–Kier alpha value is -3.97. The number of nitrogens with one attached hydrogen (secondary N) is 2. The average molecular weight is 722 g/mol. The summed E-state index contributed by atoms with van der Waals surface area (Å²) in [7, 11) is -2.30. The third-order valence-electron chi connectivity index (χ3n) is 9.44. The molecule has 11 nitrogen and oxygen atoms in total. The Morgan fingerprint density at radius 1 is 0.941 bits per heavy atom. The zero-order valence-corrected chi connectivity index (χ0v) is 30.8. The van der Waals surface area contributed by atoms with Gasteiger partial charge in [0.1, 0.15) is 17.1 Å². The van der Waals surface area contributed by atoms with Crippen molar-refractivity contribution in [1.29, 1.82) is 0 Å². The van der Waals surface area contributed by atoms with E-state index in [1.807, 2.05) is 48.5 Å². The molecule has 2 atom stereocenters. The second-order valence-electron chi connectivity index (χ2n) is 14.5. The third-order valence-corrected chi connectivity index (χ3v) is 11.0. The van der Waals surface area contributed by atoms with E-state index >= 15 is 0 Å². The second kappa shape index (κ2) is 16.6. The molecule has 2 aliphatic rings. The van der Waals surface area contributed by atoms with Crippen LogP contribution in [0.2, 0.25) is 0 Å². The van der Waals surface area contributed by atoms with Gasteiger partial charge in [0.15, 0.2) is 0 Å². The fraction of sp³-hybridized carbons (Fsp3) is 0.487. The SMILES string of the molecule is COCCCCC1(CNC(=O)C2CC(NS(=O)(=O)c3ccc(CCCO)cc3)CN(C(=O)OC(C)(C)C)C2)c2ccccc2Oc2ccccc21. The first-order chi connectivity index (χ1) is 24.3. The van der Waals surface area contributed by atoms with Crippen LogP contribution in [0.5, 0.6) is 11.5 Å². The quantitative estimate of drug-likeness (QED) is 0.184. The van der Waals surface area contributed by atoms with Crippen LogP contribution < -0.4 is 14.8 Å².